The Balaban J connectivity index is 2.06. The molecule has 0 aliphatic heterocycles. The van der Waals surface area contributed by atoms with Crippen molar-refractivity contribution in [2.75, 3.05) is 0 Å². The number of primary amides is 1. The number of nitrogens with two attached hydrogens (primary N) is 1. The highest BCUT2D eigenvalue weighted by atomic mass is 19.4. The number of carbonyl (C=O) groups is 2. The molecule has 0 radical (unpaired) electrons. The summed E-state index contributed by atoms with van der Waals surface area (Å²) in [5.41, 5.74) is 5.47. The lowest BCUT2D eigenvalue weighted by Gasteiger charge is -2.16. The van der Waals surface area contributed by atoms with E-state index in [9.17, 15) is 22.8 Å². The first kappa shape index (κ1) is 18.5. The second-order valence-corrected chi connectivity index (χ2v) is 5.59. The van der Waals surface area contributed by atoms with Crippen molar-refractivity contribution >= 4 is 11.8 Å². The van der Waals surface area contributed by atoms with Gasteiger partial charge in [0.15, 0.2) is 0 Å². The topological polar surface area (TPSA) is 72.2 Å². The summed E-state index contributed by atoms with van der Waals surface area (Å²) in [6.45, 7) is 0. The smallest absolute Gasteiger partial charge is 0.368 e. The summed E-state index contributed by atoms with van der Waals surface area (Å²) in [5.74, 6) is -1.24. The van der Waals surface area contributed by atoms with E-state index in [0.29, 0.717) is 0 Å². The van der Waals surface area contributed by atoms with Gasteiger partial charge in [0.25, 0.3) is 0 Å². The van der Waals surface area contributed by atoms with E-state index < -0.39 is 29.6 Å². The van der Waals surface area contributed by atoms with Crippen molar-refractivity contribution in [1.29, 1.82) is 0 Å². The number of halogens is 3. The van der Waals surface area contributed by atoms with Crippen LogP contribution in [0.4, 0.5) is 13.2 Å². The first-order chi connectivity index (χ1) is 11.8. The summed E-state index contributed by atoms with van der Waals surface area (Å²) in [6, 6.07) is 12.4. The maximum Gasteiger partial charge on any atom is 0.416 e. The van der Waals surface area contributed by atoms with E-state index in [2.05, 4.69) is 5.32 Å². The summed E-state index contributed by atoms with van der Waals surface area (Å²) < 4.78 is 38.3. The molecule has 0 spiro atoms. The quantitative estimate of drug-likeness (QED) is 0.840. The summed E-state index contributed by atoms with van der Waals surface area (Å²) in [7, 11) is 0. The third kappa shape index (κ3) is 5.63. The lowest BCUT2D eigenvalue weighted by molar-refractivity contribution is -0.137. The molecule has 1 atom stereocenters. The molecule has 2 amide bonds. The minimum Gasteiger partial charge on any atom is -0.368 e. The lowest BCUT2D eigenvalue weighted by atomic mass is 10.0. The molecule has 2 rings (SSSR count). The van der Waals surface area contributed by atoms with Crippen LogP contribution in [-0.2, 0) is 28.6 Å². The Morgan fingerprint density at radius 1 is 1.00 bits per heavy atom. The molecule has 0 bridgehead atoms. The number of carbonyl (C=O) groups excluding carboxylic acids is 2. The second kappa shape index (κ2) is 7.83. The Bertz CT molecular complexity index is 745. The number of rotatable bonds is 6. The van der Waals surface area contributed by atoms with Crippen LogP contribution in [0, 0.1) is 0 Å². The Morgan fingerprint density at radius 2 is 1.64 bits per heavy atom. The predicted molar refractivity (Wildman–Crippen MR) is 86.4 cm³/mol. The molecule has 4 nitrogen and oxygen atoms in total. The van der Waals surface area contributed by atoms with Crippen molar-refractivity contribution < 1.29 is 22.8 Å². The third-order valence-electron chi connectivity index (χ3n) is 3.58. The average molecular weight is 350 g/mol. The van der Waals surface area contributed by atoms with Crippen LogP contribution in [-0.4, -0.2) is 17.9 Å². The van der Waals surface area contributed by atoms with Gasteiger partial charge in [0, 0.05) is 6.42 Å². The molecule has 0 aromatic heterocycles. The maximum absolute atomic E-state index is 12.8. The highest BCUT2D eigenvalue weighted by Gasteiger charge is 2.30. The van der Waals surface area contributed by atoms with Crippen molar-refractivity contribution in [2.45, 2.75) is 25.1 Å². The van der Waals surface area contributed by atoms with Crippen LogP contribution in [0.2, 0.25) is 0 Å². The first-order valence-corrected chi connectivity index (χ1v) is 7.54. The van der Waals surface area contributed by atoms with Crippen LogP contribution in [0.5, 0.6) is 0 Å². The van der Waals surface area contributed by atoms with Gasteiger partial charge >= 0.3 is 6.18 Å². The normalized spacial score (nSPS) is 12.4. The largest absolute Gasteiger partial charge is 0.416 e. The van der Waals surface area contributed by atoms with Crippen molar-refractivity contribution in [3.63, 3.8) is 0 Å². The van der Waals surface area contributed by atoms with Crippen molar-refractivity contribution in [3.05, 3.63) is 71.3 Å². The van der Waals surface area contributed by atoms with Gasteiger partial charge in [0.05, 0.1) is 12.0 Å². The lowest BCUT2D eigenvalue weighted by Crippen LogP contribution is -2.46. The molecule has 3 N–H and O–H groups in total. The second-order valence-electron chi connectivity index (χ2n) is 5.59. The predicted octanol–water partition coefficient (Wildman–Crippen LogP) is 2.46. The molecule has 2 aromatic rings. The number of hydrogen-bond donors (Lipinski definition) is 2. The van der Waals surface area contributed by atoms with Crippen molar-refractivity contribution in [2.24, 2.45) is 5.73 Å². The van der Waals surface area contributed by atoms with Gasteiger partial charge in [0.1, 0.15) is 6.04 Å². The Morgan fingerprint density at radius 3 is 2.24 bits per heavy atom. The van der Waals surface area contributed by atoms with Crippen LogP contribution in [0.15, 0.2) is 54.6 Å². The molecular formula is C18H17F3N2O2. The van der Waals surface area contributed by atoms with Gasteiger partial charge in [0.2, 0.25) is 11.8 Å². The van der Waals surface area contributed by atoms with Gasteiger partial charge in [-0.25, -0.2) is 0 Å². The van der Waals surface area contributed by atoms with Gasteiger partial charge in [-0.1, -0.05) is 48.5 Å². The Hall–Kier alpha value is -2.83. The Kier molecular flexibility index (Phi) is 5.80. The molecule has 2 aromatic carbocycles. The van der Waals surface area contributed by atoms with Crippen LogP contribution >= 0.6 is 0 Å². The van der Waals surface area contributed by atoms with Gasteiger partial charge in [-0.05, 0) is 17.2 Å². The number of benzene rings is 2. The number of alkyl halides is 3. The SMILES string of the molecule is NC(=O)[C@@H](Cc1cccc(C(F)(F)F)c1)NC(=O)Cc1ccccc1. The van der Waals surface area contributed by atoms with E-state index in [1.807, 2.05) is 0 Å². The molecule has 0 aliphatic carbocycles. The molecule has 0 saturated heterocycles. The van der Waals surface area contributed by atoms with E-state index in [1.54, 1.807) is 30.3 Å². The fourth-order valence-electron chi connectivity index (χ4n) is 2.36. The average Bonchev–Trinajstić information content (AvgIpc) is 2.54. The number of nitrogens with one attached hydrogen (secondary N) is 1. The minimum atomic E-state index is -4.48. The molecule has 132 valence electrons. The summed E-state index contributed by atoms with van der Waals surface area (Å²) >= 11 is 0. The fraction of sp³-hybridized carbons (Fsp3) is 0.222. The standard InChI is InChI=1S/C18H17F3N2O2/c19-18(20,21)14-8-4-7-13(9-14)10-15(17(22)25)23-16(24)11-12-5-2-1-3-6-12/h1-9,15H,10-11H2,(H2,22,25)(H,23,24)/t15-/m1/s1. The minimum absolute atomic E-state index is 0.0488. The molecule has 0 unspecified atom stereocenters. The van der Waals surface area contributed by atoms with Gasteiger partial charge in [-0.2, -0.15) is 13.2 Å². The van der Waals surface area contributed by atoms with Crippen LogP contribution in [0.25, 0.3) is 0 Å². The van der Waals surface area contributed by atoms with Gasteiger partial charge < -0.3 is 11.1 Å². The van der Waals surface area contributed by atoms with Crippen molar-refractivity contribution in [3.8, 4) is 0 Å². The molecule has 0 aliphatic rings. The van der Waals surface area contributed by atoms with E-state index in [1.165, 1.54) is 12.1 Å². The zero-order chi connectivity index (χ0) is 18.4. The molecule has 0 fully saturated rings. The molecular weight excluding hydrogens is 333 g/mol. The maximum atomic E-state index is 12.8. The number of hydrogen-bond acceptors (Lipinski definition) is 2. The van der Waals surface area contributed by atoms with E-state index >= 15 is 0 Å². The van der Waals surface area contributed by atoms with E-state index in [4.69, 9.17) is 5.73 Å². The zero-order valence-electron chi connectivity index (χ0n) is 13.2. The molecule has 0 saturated carbocycles. The zero-order valence-corrected chi connectivity index (χ0v) is 13.2. The van der Waals surface area contributed by atoms with Crippen molar-refractivity contribution in [1.82, 2.24) is 5.32 Å². The highest BCUT2D eigenvalue weighted by Crippen LogP contribution is 2.29. The number of amides is 2. The first-order valence-electron chi connectivity index (χ1n) is 7.54. The molecule has 25 heavy (non-hydrogen) atoms. The highest BCUT2D eigenvalue weighted by molar-refractivity contribution is 5.87. The summed E-state index contributed by atoms with van der Waals surface area (Å²) in [6.07, 6.45) is -4.54. The van der Waals surface area contributed by atoms with E-state index in [0.717, 1.165) is 17.7 Å². The fourth-order valence-corrected chi connectivity index (χ4v) is 2.36. The van der Waals surface area contributed by atoms with Crippen LogP contribution in [0.1, 0.15) is 16.7 Å². The molecule has 7 heteroatoms. The van der Waals surface area contributed by atoms with Gasteiger partial charge in [-0.15, -0.1) is 0 Å². The van der Waals surface area contributed by atoms with Gasteiger partial charge in [-0.3, -0.25) is 9.59 Å². The van der Waals surface area contributed by atoms with E-state index in [-0.39, 0.29) is 18.4 Å². The molecule has 0 heterocycles. The van der Waals surface area contributed by atoms with Crippen LogP contribution in [0.3, 0.4) is 0 Å². The van der Waals surface area contributed by atoms with Crippen LogP contribution < -0.4 is 11.1 Å². The Labute approximate surface area is 142 Å². The third-order valence-corrected chi connectivity index (χ3v) is 3.58. The summed E-state index contributed by atoms with van der Waals surface area (Å²) in [4.78, 5) is 23.6. The summed E-state index contributed by atoms with van der Waals surface area (Å²) in [5, 5.41) is 2.48. The monoisotopic (exact) mass is 350 g/mol.